The summed E-state index contributed by atoms with van der Waals surface area (Å²) in [6.45, 7) is 10.4. The number of rotatable bonds is 3. The summed E-state index contributed by atoms with van der Waals surface area (Å²) in [6, 6.07) is -0.725. The van der Waals surface area contributed by atoms with E-state index in [0.29, 0.717) is 45.1 Å². The van der Waals surface area contributed by atoms with Gasteiger partial charge in [0.2, 0.25) is 5.91 Å². The number of hydrogen-bond donors (Lipinski definition) is 2. The van der Waals surface area contributed by atoms with E-state index in [4.69, 9.17) is 9.47 Å². The minimum atomic E-state index is -0.725. The molecule has 56 heavy (non-hydrogen) atoms. The van der Waals surface area contributed by atoms with Crippen molar-refractivity contribution < 1.29 is 38.9 Å². The lowest BCUT2D eigenvalue weighted by Gasteiger charge is -2.39. The molecule has 3 fully saturated rings. The number of carbonyl (C=O) groups excluding carboxylic acids is 4. The van der Waals surface area contributed by atoms with Crippen LogP contribution in [0.5, 0.6) is 0 Å². The minimum absolute atomic E-state index is 0.0254. The topological polar surface area (TPSA) is 130 Å². The Bertz CT molecular complexity index is 1440. The summed E-state index contributed by atoms with van der Waals surface area (Å²) in [6.07, 6.45) is 20.6. The maximum Gasteiger partial charge on any atom is 0.329 e. The first kappa shape index (κ1) is 46.5. The largest absolute Gasteiger partial charge is 0.459 e. The fourth-order valence-corrected chi connectivity index (χ4v) is 9.81. The summed E-state index contributed by atoms with van der Waals surface area (Å²) < 4.78 is 12.7. The van der Waals surface area contributed by atoms with Crippen LogP contribution in [-0.2, 0) is 28.7 Å². The van der Waals surface area contributed by atoms with Crippen LogP contribution in [0.25, 0.3) is 0 Å². The molecule has 2 saturated heterocycles. The second-order valence-corrected chi connectivity index (χ2v) is 19.1. The average Bonchev–Trinajstić information content (AvgIpc) is 3.16. The summed E-state index contributed by atoms with van der Waals surface area (Å²) >= 11 is 2.32. The number of cyclic esters (lactones) is 1. The van der Waals surface area contributed by atoms with Crippen molar-refractivity contribution >= 4 is 46.0 Å². The van der Waals surface area contributed by atoms with Gasteiger partial charge in [0.25, 0.3) is 0 Å². The Morgan fingerprint density at radius 2 is 1.64 bits per heavy atom. The number of piperidine rings is 1. The van der Waals surface area contributed by atoms with Crippen molar-refractivity contribution in [2.75, 3.05) is 6.54 Å². The maximum absolute atomic E-state index is 14.1. The van der Waals surface area contributed by atoms with Gasteiger partial charge in [-0.1, -0.05) is 98.2 Å². The number of ether oxygens (including phenoxy) is 2. The van der Waals surface area contributed by atoms with E-state index in [-0.39, 0.29) is 70.3 Å². The lowest BCUT2D eigenvalue weighted by molar-refractivity contribution is -0.164. The number of hydrogen-bond acceptors (Lipinski definition) is 8. The third kappa shape index (κ3) is 15.2. The van der Waals surface area contributed by atoms with E-state index in [1.165, 1.54) is 0 Å². The molecule has 3 heterocycles. The monoisotopic (exact) mass is 891 g/mol. The molecule has 2 N–H and O–H groups in total. The number of allylic oxidation sites excluding steroid dienone is 7. The molecule has 1 unspecified atom stereocenters. The summed E-state index contributed by atoms with van der Waals surface area (Å²) in [5.41, 5.74) is 1.83. The third-order valence-corrected chi connectivity index (χ3v) is 13.9. The highest BCUT2D eigenvalue weighted by atomic mass is 127. The van der Waals surface area contributed by atoms with Crippen LogP contribution < -0.4 is 0 Å². The Kier molecular flexibility index (Phi) is 19.5. The van der Waals surface area contributed by atoms with Crippen molar-refractivity contribution in [3.8, 4) is 0 Å². The van der Waals surface area contributed by atoms with Crippen molar-refractivity contribution in [2.45, 2.75) is 184 Å². The van der Waals surface area contributed by atoms with E-state index < -0.39 is 30.1 Å². The first-order chi connectivity index (χ1) is 26.7. The van der Waals surface area contributed by atoms with Gasteiger partial charge in [-0.3, -0.25) is 14.4 Å². The molecule has 0 aromatic rings. The number of alkyl halides is 1. The Morgan fingerprint density at radius 3 is 2.41 bits per heavy atom. The number of nitrogens with zero attached hydrogens (tertiary/aromatic N) is 1. The SMILES string of the molecule is C/C1=C\[C@@H](C)C(=O)C[C@@H]([C@H](I)C[C@@H]2CCC[C@H](O)C2)OC(=O)[C@@H]2CCCCN2C(=O)CC2O[C@@H](CC[C@H]2C)C[C@H](O)/C(C)=C/C=C/C=C/[C@@H](C)CCC(=O)CC1. The molecule has 3 aliphatic heterocycles. The van der Waals surface area contributed by atoms with Crippen LogP contribution in [0.2, 0.25) is 0 Å². The van der Waals surface area contributed by atoms with Crippen molar-refractivity contribution in [2.24, 2.45) is 23.7 Å². The van der Waals surface area contributed by atoms with Crippen LogP contribution in [0.1, 0.15) is 144 Å². The molecule has 314 valence electrons. The van der Waals surface area contributed by atoms with E-state index >= 15 is 0 Å². The molecule has 0 aromatic heterocycles. The van der Waals surface area contributed by atoms with Crippen LogP contribution in [0.4, 0.5) is 0 Å². The highest BCUT2D eigenvalue weighted by Crippen LogP contribution is 2.34. The Morgan fingerprint density at radius 1 is 0.857 bits per heavy atom. The van der Waals surface area contributed by atoms with Crippen molar-refractivity contribution in [1.82, 2.24) is 4.90 Å². The Balaban J connectivity index is 1.56. The van der Waals surface area contributed by atoms with Crippen LogP contribution in [-0.4, -0.2) is 85.6 Å². The molecule has 1 amide bonds. The lowest BCUT2D eigenvalue weighted by Crippen LogP contribution is -2.51. The second-order valence-electron chi connectivity index (χ2n) is 17.5. The van der Waals surface area contributed by atoms with Gasteiger partial charge in [-0.25, -0.2) is 4.79 Å². The van der Waals surface area contributed by atoms with Gasteiger partial charge >= 0.3 is 5.97 Å². The number of esters is 1. The number of aliphatic hydroxyl groups is 2. The second kappa shape index (κ2) is 23.4. The number of carbonyl (C=O) groups is 4. The standard InChI is InChI=1S/C46H70INO8/c1-30-12-7-6-8-13-32(3)41(51)27-38-22-19-33(4)43(55-38)29-45(53)48-23-10-9-16-40(48)46(54)56-44(39(47)26-35-14-11-15-37(50)25-35)28-42(52)34(5)24-31(2)18-21-36(49)20-17-30/h6-8,12-13,24,30,33-35,37-41,43-44,50-51H,9-11,14-23,25-29H2,1-5H3/b8-6+,12-7+,31-24+,32-13+/t30-,33-,34-,35-,37+,38+,39-,40+,41+,43?,44+/m1/s1. The van der Waals surface area contributed by atoms with Crippen molar-refractivity contribution in [3.63, 3.8) is 0 Å². The molecule has 10 heteroatoms. The fraction of sp³-hybridized carbons (Fsp3) is 0.739. The van der Waals surface area contributed by atoms with E-state index in [1.807, 2.05) is 51.2 Å². The molecular formula is C46H70INO8. The number of ketones is 2. The number of fused-ring (bicyclic) bond motifs is 3. The molecule has 2 bridgehead atoms. The van der Waals surface area contributed by atoms with E-state index in [9.17, 15) is 29.4 Å². The molecule has 0 aromatic carbocycles. The summed E-state index contributed by atoms with van der Waals surface area (Å²) in [4.78, 5) is 56.4. The van der Waals surface area contributed by atoms with Gasteiger partial charge in [0.1, 0.15) is 23.7 Å². The molecule has 9 nitrogen and oxygen atoms in total. The first-order valence-electron chi connectivity index (χ1n) is 21.6. The number of halogens is 1. The van der Waals surface area contributed by atoms with Gasteiger partial charge in [-0.2, -0.15) is 0 Å². The third-order valence-electron chi connectivity index (χ3n) is 12.6. The van der Waals surface area contributed by atoms with Gasteiger partial charge in [0, 0.05) is 42.1 Å². The predicted octanol–water partition coefficient (Wildman–Crippen LogP) is 8.73. The van der Waals surface area contributed by atoms with Crippen LogP contribution in [0.3, 0.4) is 0 Å². The van der Waals surface area contributed by atoms with E-state index in [0.717, 1.165) is 68.9 Å². The zero-order chi connectivity index (χ0) is 40.8. The van der Waals surface area contributed by atoms with Gasteiger partial charge in [-0.15, -0.1) is 0 Å². The Labute approximate surface area is 350 Å². The lowest BCUT2D eigenvalue weighted by atomic mass is 9.83. The first-order valence-corrected chi connectivity index (χ1v) is 22.8. The quantitative estimate of drug-likeness (QED) is 0.125. The highest BCUT2D eigenvalue weighted by molar-refractivity contribution is 14.1. The van der Waals surface area contributed by atoms with Gasteiger partial charge < -0.3 is 24.6 Å². The van der Waals surface area contributed by atoms with Gasteiger partial charge in [-0.05, 0) is 101 Å². The molecule has 1 saturated carbocycles. The van der Waals surface area contributed by atoms with E-state index in [1.54, 1.807) is 4.90 Å². The molecule has 4 aliphatic rings. The maximum atomic E-state index is 14.1. The number of aliphatic hydroxyl groups excluding tert-OH is 2. The van der Waals surface area contributed by atoms with Crippen LogP contribution >= 0.6 is 22.6 Å². The zero-order valence-corrected chi connectivity index (χ0v) is 36.9. The smallest absolute Gasteiger partial charge is 0.329 e. The van der Waals surface area contributed by atoms with Gasteiger partial charge in [0.15, 0.2) is 0 Å². The molecule has 4 rings (SSSR count). The van der Waals surface area contributed by atoms with E-state index in [2.05, 4.69) is 42.5 Å². The summed E-state index contributed by atoms with van der Waals surface area (Å²) in [5, 5.41) is 21.4. The highest BCUT2D eigenvalue weighted by Gasteiger charge is 2.39. The summed E-state index contributed by atoms with van der Waals surface area (Å²) in [5.74, 6) is -0.129. The Hall–Kier alpha value is -2.15. The van der Waals surface area contributed by atoms with Gasteiger partial charge in [0.05, 0.1) is 30.8 Å². The van der Waals surface area contributed by atoms with Crippen molar-refractivity contribution in [3.05, 3.63) is 47.6 Å². The van der Waals surface area contributed by atoms with Crippen LogP contribution in [0.15, 0.2) is 47.6 Å². The fourth-order valence-electron chi connectivity index (χ4n) is 8.69. The van der Waals surface area contributed by atoms with Crippen molar-refractivity contribution in [1.29, 1.82) is 0 Å². The average molecular weight is 892 g/mol. The zero-order valence-electron chi connectivity index (χ0n) is 34.7. The van der Waals surface area contributed by atoms with Crippen LogP contribution in [0, 0.1) is 23.7 Å². The molecule has 11 atom stereocenters. The molecular weight excluding hydrogens is 821 g/mol. The number of amides is 1. The molecule has 0 radical (unpaired) electrons. The summed E-state index contributed by atoms with van der Waals surface area (Å²) in [7, 11) is 0. The minimum Gasteiger partial charge on any atom is -0.459 e. The molecule has 0 spiro atoms. The predicted molar refractivity (Wildman–Crippen MR) is 229 cm³/mol. The number of Topliss-reactive ketones (excluding diaryl/α,β-unsaturated/α-hetero) is 2. The molecule has 1 aliphatic carbocycles. The normalized spacial score (nSPS) is 38.2.